The van der Waals surface area contributed by atoms with Gasteiger partial charge in [0.05, 0.1) is 6.10 Å². The Hall–Kier alpha value is 0.270. The summed E-state index contributed by atoms with van der Waals surface area (Å²) in [5.74, 6) is 2.02. The SMILES string of the molecule is CSCC(C)CNCC1CCCO1. The summed E-state index contributed by atoms with van der Waals surface area (Å²) >= 11 is 1.92. The summed E-state index contributed by atoms with van der Waals surface area (Å²) in [6.07, 6.45) is 5.13. The molecule has 1 N–H and O–H groups in total. The number of nitrogens with one attached hydrogen (secondary N) is 1. The second-order valence-corrected chi connectivity index (χ2v) is 4.76. The first-order valence-electron chi connectivity index (χ1n) is 5.14. The van der Waals surface area contributed by atoms with E-state index in [1.165, 1.54) is 18.6 Å². The van der Waals surface area contributed by atoms with Gasteiger partial charge in [0.2, 0.25) is 0 Å². The Morgan fingerprint density at radius 2 is 2.46 bits per heavy atom. The van der Waals surface area contributed by atoms with Crippen molar-refractivity contribution >= 4 is 11.8 Å². The van der Waals surface area contributed by atoms with E-state index in [2.05, 4.69) is 18.5 Å². The molecule has 2 nitrogen and oxygen atoms in total. The molecule has 1 aliphatic heterocycles. The molecule has 0 aromatic rings. The van der Waals surface area contributed by atoms with Gasteiger partial charge in [-0.25, -0.2) is 0 Å². The van der Waals surface area contributed by atoms with Crippen molar-refractivity contribution in [3.63, 3.8) is 0 Å². The van der Waals surface area contributed by atoms with Crippen molar-refractivity contribution < 1.29 is 4.74 Å². The molecule has 0 amide bonds. The first kappa shape index (κ1) is 11.3. The van der Waals surface area contributed by atoms with Crippen molar-refractivity contribution in [3.8, 4) is 0 Å². The highest BCUT2D eigenvalue weighted by Gasteiger charge is 2.14. The minimum Gasteiger partial charge on any atom is -0.377 e. The van der Waals surface area contributed by atoms with Crippen molar-refractivity contribution in [3.05, 3.63) is 0 Å². The van der Waals surface area contributed by atoms with Crippen LogP contribution in [0, 0.1) is 5.92 Å². The van der Waals surface area contributed by atoms with Gasteiger partial charge in [0.25, 0.3) is 0 Å². The van der Waals surface area contributed by atoms with Crippen LogP contribution >= 0.6 is 11.8 Å². The molecule has 13 heavy (non-hydrogen) atoms. The topological polar surface area (TPSA) is 21.3 Å². The first-order valence-corrected chi connectivity index (χ1v) is 6.53. The predicted octanol–water partition coefficient (Wildman–Crippen LogP) is 1.75. The fraction of sp³-hybridized carbons (Fsp3) is 1.00. The van der Waals surface area contributed by atoms with Crippen LogP contribution in [0.5, 0.6) is 0 Å². The van der Waals surface area contributed by atoms with E-state index in [0.717, 1.165) is 25.6 Å². The monoisotopic (exact) mass is 203 g/mol. The van der Waals surface area contributed by atoms with E-state index >= 15 is 0 Å². The molecule has 1 rings (SSSR count). The summed E-state index contributed by atoms with van der Waals surface area (Å²) in [7, 11) is 0. The van der Waals surface area contributed by atoms with Gasteiger partial charge in [0, 0.05) is 13.2 Å². The molecular weight excluding hydrogens is 182 g/mol. The van der Waals surface area contributed by atoms with Crippen LogP contribution in [0.25, 0.3) is 0 Å². The van der Waals surface area contributed by atoms with Gasteiger partial charge in [-0.15, -0.1) is 0 Å². The fourth-order valence-electron chi connectivity index (χ4n) is 1.64. The number of hydrogen-bond donors (Lipinski definition) is 1. The van der Waals surface area contributed by atoms with Crippen molar-refractivity contribution in [2.24, 2.45) is 5.92 Å². The molecule has 78 valence electrons. The van der Waals surface area contributed by atoms with E-state index in [9.17, 15) is 0 Å². The average molecular weight is 203 g/mol. The lowest BCUT2D eigenvalue weighted by molar-refractivity contribution is 0.109. The molecule has 0 aromatic heterocycles. The van der Waals surface area contributed by atoms with Crippen LogP contribution in [0.1, 0.15) is 19.8 Å². The smallest absolute Gasteiger partial charge is 0.0700 e. The maximum Gasteiger partial charge on any atom is 0.0700 e. The van der Waals surface area contributed by atoms with E-state index < -0.39 is 0 Å². The zero-order valence-corrected chi connectivity index (χ0v) is 9.53. The minimum absolute atomic E-state index is 0.487. The lowest BCUT2D eigenvalue weighted by Gasteiger charge is -2.14. The van der Waals surface area contributed by atoms with Gasteiger partial charge in [-0.2, -0.15) is 11.8 Å². The second-order valence-electron chi connectivity index (χ2n) is 3.85. The van der Waals surface area contributed by atoms with Gasteiger partial charge in [0.15, 0.2) is 0 Å². The van der Waals surface area contributed by atoms with Gasteiger partial charge in [-0.05, 0) is 37.3 Å². The molecule has 3 heteroatoms. The van der Waals surface area contributed by atoms with E-state index in [4.69, 9.17) is 4.74 Å². The van der Waals surface area contributed by atoms with Crippen molar-refractivity contribution in [2.75, 3.05) is 31.7 Å². The Kier molecular flexibility index (Phi) is 5.83. The van der Waals surface area contributed by atoms with Crippen LogP contribution in [0.15, 0.2) is 0 Å². The van der Waals surface area contributed by atoms with Crippen LogP contribution in [-0.2, 0) is 4.74 Å². The van der Waals surface area contributed by atoms with E-state index in [1.807, 2.05) is 11.8 Å². The Morgan fingerprint density at radius 1 is 1.62 bits per heavy atom. The van der Waals surface area contributed by atoms with Gasteiger partial charge in [-0.3, -0.25) is 0 Å². The average Bonchev–Trinajstić information content (AvgIpc) is 2.57. The van der Waals surface area contributed by atoms with Crippen molar-refractivity contribution in [2.45, 2.75) is 25.9 Å². The van der Waals surface area contributed by atoms with Crippen LogP contribution in [0.2, 0.25) is 0 Å². The number of thioether (sulfide) groups is 1. The number of hydrogen-bond acceptors (Lipinski definition) is 3. The minimum atomic E-state index is 0.487. The Morgan fingerprint density at radius 3 is 3.08 bits per heavy atom. The maximum atomic E-state index is 5.53. The zero-order valence-electron chi connectivity index (χ0n) is 8.71. The van der Waals surface area contributed by atoms with E-state index in [-0.39, 0.29) is 0 Å². The van der Waals surface area contributed by atoms with E-state index in [0.29, 0.717) is 6.10 Å². The maximum absolute atomic E-state index is 5.53. The molecule has 1 saturated heterocycles. The highest BCUT2D eigenvalue weighted by molar-refractivity contribution is 7.98. The molecule has 2 unspecified atom stereocenters. The van der Waals surface area contributed by atoms with Crippen LogP contribution in [0.3, 0.4) is 0 Å². The summed E-state index contributed by atoms with van der Waals surface area (Å²) in [6.45, 7) is 5.42. The zero-order chi connectivity index (χ0) is 9.52. The molecule has 0 aromatic carbocycles. The first-order chi connectivity index (χ1) is 6.33. The molecule has 0 spiro atoms. The van der Waals surface area contributed by atoms with Gasteiger partial charge in [0.1, 0.15) is 0 Å². The van der Waals surface area contributed by atoms with E-state index in [1.54, 1.807) is 0 Å². The lowest BCUT2D eigenvalue weighted by Crippen LogP contribution is -2.30. The summed E-state index contributed by atoms with van der Waals surface area (Å²) in [5.41, 5.74) is 0. The van der Waals surface area contributed by atoms with Crippen LogP contribution in [-0.4, -0.2) is 37.8 Å². The highest BCUT2D eigenvalue weighted by atomic mass is 32.2. The third-order valence-electron chi connectivity index (χ3n) is 2.34. The molecule has 0 bridgehead atoms. The fourth-order valence-corrected chi connectivity index (χ4v) is 2.33. The molecule has 2 atom stereocenters. The van der Waals surface area contributed by atoms with Gasteiger partial charge >= 0.3 is 0 Å². The summed E-state index contributed by atoms with van der Waals surface area (Å²) < 4.78 is 5.53. The van der Waals surface area contributed by atoms with Crippen molar-refractivity contribution in [1.29, 1.82) is 0 Å². The summed E-state index contributed by atoms with van der Waals surface area (Å²) in [5, 5.41) is 3.47. The van der Waals surface area contributed by atoms with Crippen molar-refractivity contribution in [1.82, 2.24) is 5.32 Å². The molecule has 0 aliphatic carbocycles. The predicted molar refractivity (Wildman–Crippen MR) is 59.4 cm³/mol. The normalized spacial score (nSPS) is 24.9. The number of ether oxygens (including phenoxy) is 1. The highest BCUT2D eigenvalue weighted by Crippen LogP contribution is 2.10. The summed E-state index contributed by atoms with van der Waals surface area (Å²) in [4.78, 5) is 0. The molecular formula is C10H21NOS. The van der Waals surface area contributed by atoms with Crippen LogP contribution < -0.4 is 5.32 Å². The largest absolute Gasteiger partial charge is 0.377 e. The standard InChI is InChI=1S/C10H21NOS/c1-9(8-13-2)6-11-7-10-4-3-5-12-10/h9-11H,3-8H2,1-2H3. The van der Waals surface area contributed by atoms with Gasteiger partial charge in [-0.1, -0.05) is 6.92 Å². The number of rotatable bonds is 6. The molecule has 1 heterocycles. The molecule has 1 aliphatic rings. The summed E-state index contributed by atoms with van der Waals surface area (Å²) in [6, 6.07) is 0. The van der Waals surface area contributed by atoms with Gasteiger partial charge < -0.3 is 10.1 Å². The van der Waals surface area contributed by atoms with Crippen LogP contribution in [0.4, 0.5) is 0 Å². The lowest BCUT2D eigenvalue weighted by atomic mass is 10.2. The Balaban J connectivity index is 1.93. The Bertz CT molecular complexity index is 126. The Labute approximate surface area is 85.8 Å². The third kappa shape index (κ3) is 4.89. The molecule has 1 fully saturated rings. The molecule has 0 radical (unpaired) electrons. The second kappa shape index (κ2) is 6.68. The molecule has 0 saturated carbocycles. The third-order valence-corrected chi connectivity index (χ3v) is 3.24. The quantitative estimate of drug-likeness (QED) is 0.710.